The molecule has 0 radical (unpaired) electrons. The molecule has 2 aromatic rings. The first-order chi connectivity index (χ1) is 9.81. The first kappa shape index (κ1) is 14.7. The van der Waals surface area contributed by atoms with Crippen molar-refractivity contribution >= 4 is 27.1 Å². The minimum atomic E-state index is -4.30. The van der Waals surface area contributed by atoms with Crippen molar-refractivity contribution < 1.29 is 17.7 Å². The third-order valence-electron chi connectivity index (χ3n) is 2.58. The van der Waals surface area contributed by atoms with E-state index >= 15 is 0 Å². The van der Waals surface area contributed by atoms with Gasteiger partial charge in [0.25, 0.3) is 10.0 Å². The molecule has 2 rings (SSSR count). The van der Waals surface area contributed by atoms with Gasteiger partial charge in [0.15, 0.2) is 4.90 Å². The van der Waals surface area contributed by atoms with Crippen LogP contribution in [0, 0.1) is 15.9 Å². The zero-order valence-corrected chi connectivity index (χ0v) is 11.3. The number of nitrogens with two attached hydrogens (primary N) is 1. The van der Waals surface area contributed by atoms with Gasteiger partial charge < -0.3 is 5.73 Å². The van der Waals surface area contributed by atoms with E-state index in [-0.39, 0.29) is 5.69 Å². The zero-order valence-electron chi connectivity index (χ0n) is 10.5. The Kier molecular flexibility index (Phi) is 3.76. The van der Waals surface area contributed by atoms with E-state index in [4.69, 9.17) is 5.73 Å². The summed E-state index contributed by atoms with van der Waals surface area (Å²) in [6, 6.07) is 8.55. The van der Waals surface area contributed by atoms with Gasteiger partial charge in [0.1, 0.15) is 0 Å². The van der Waals surface area contributed by atoms with Crippen LogP contribution in [0.3, 0.4) is 0 Å². The van der Waals surface area contributed by atoms with Crippen molar-refractivity contribution in [1.82, 2.24) is 0 Å². The Bertz CT molecular complexity index is 791. The molecular formula is C12H10FN3O4S. The number of benzene rings is 2. The number of nitrogen functional groups attached to an aromatic ring is 1. The van der Waals surface area contributed by atoms with E-state index in [1.54, 1.807) is 0 Å². The number of nitro groups is 1. The summed E-state index contributed by atoms with van der Waals surface area (Å²) in [4.78, 5) is 9.02. The Morgan fingerprint density at radius 2 is 1.76 bits per heavy atom. The molecule has 0 aliphatic heterocycles. The smallest absolute Gasteiger partial charge is 0.325 e. The molecule has 0 bridgehead atoms. The summed E-state index contributed by atoms with van der Waals surface area (Å²) < 4.78 is 39.9. The van der Waals surface area contributed by atoms with Crippen LogP contribution in [0.2, 0.25) is 0 Å². The number of hydrogen-bond donors (Lipinski definition) is 2. The third kappa shape index (κ3) is 3.08. The van der Waals surface area contributed by atoms with E-state index in [1.165, 1.54) is 24.3 Å². The van der Waals surface area contributed by atoms with Crippen molar-refractivity contribution in [3.8, 4) is 0 Å². The first-order valence-electron chi connectivity index (χ1n) is 5.62. The largest absolute Gasteiger partial charge is 0.399 e. The number of para-hydroxylation sites is 1. The van der Waals surface area contributed by atoms with Crippen LogP contribution in [-0.2, 0) is 10.0 Å². The van der Waals surface area contributed by atoms with Crippen LogP contribution in [0.4, 0.5) is 21.5 Å². The van der Waals surface area contributed by atoms with Gasteiger partial charge in [-0.3, -0.25) is 14.8 Å². The molecule has 3 N–H and O–H groups in total. The quantitative estimate of drug-likeness (QED) is 0.510. The van der Waals surface area contributed by atoms with Crippen LogP contribution in [0.5, 0.6) is 0 Å². The summed E-state index contributed by atoms with van der Waals surface area (Å²) >= 11 is 0. The normalized spacial score (nSPS) is 11.1. The maximum absolute atomic E-state index is 13.5. The van der Waals surface area contributed by atoms with Crippen molar-refractivity contribution in [2.24, 2.45) is 0 Å². The number of sulfonamides is 1. The van der Waals surface area contributed by atoms with E-state index in [1.807, 2.05) is 0 Å². The lowest BCUT2D eigenvalue weighted by molar-refractivity contribution is -0.390. The molecule has 2 aromatic carbocycles. The number of nitrogens with zero attached hydrogens (tertiary/aromatic N) is 1. The summed E-state index contributed by atoms with van der Waals surface area (Å²) in [5.41, 5.74) is 4.95. The summed E-state index contributed by atoms with van der Waals surface area (Å²) in [6.45, 7) is 0. The van der Waals surface area contributed by atoms with Crippen LogP contribution >= 0.6 is 0 Å². The Balaban J connectivity index is 2.47. The van der Waals surface area contributed by atoms with E-state index < -0.39 is 31.3 Å². The average Bonchev–Trinajstić information content (AvgIpc) is 2.40. The van der Waals surface area contributed by atoms with Gasteiger partial charge in [-0.1, -0.05) is 6.07 Å². The molecule has 7 nitrogen and oxygen atoms in total. The number of hydrogen-bond acceptors (Lipinski definition) is 5. The summed E-state index contributed by atoms with van der Waals surface area (Å²) in [5.74, 6) is -1.22. The molecule has 0 spiro atoms. The SMILES string of the molecule is Nc1ccc(NS(=O)(=O)c2cccc(F)c2[N+](=O)[O-])cc1. The maximum Gasteiger partial charge on any atom is 0.325 e. The van der Waals surface area contributed by atoms with Crippen LogP contribution < -0.4 is 10.5 Å². The highest BCUT2D eigenvalue weighted by Crippen LogP contribution is 2.28. The topological polar surface area (TPSA) is 115 Å². The number of nitrogens with one attached hydrogen (secondary N) is 1. The number of halogens is 1. The van der Waals surface area contributed by atoms with Gasteiger partial charge in [-0.2, -0.15) is 4.39 Å². The lowest BCUT2D eigenvalue weighted by Crippen LogP contribution is -2.15. The van der Waals surface area contributed by atoms with Gasteiger partial charge in [0, 0.05) is 11.4 Å². The molecule has 0 fully saturated rings. The monoisotopic (exact) mass is 311 g/mol. The van der Waals surface area contributed by atoms with Gasteiger partial charge in [-0.15, -0.1) is 0 Å². The predicted molar refractivity (Wildman–Crippen MR) is 74.7 cm³/mol. The standard InChI is InChI=1S/C12H10FN3O4S/c13-10-2-1-3-11(12(10)16(17)18)21(19,20)15-9-6-4-8(14)5-7-9/h1-7,15H,14H2. The van der Waals surface area contributed by atoms with Crippen molar-refractivity contribution in [3.63, 3.8) is 0 Å². The molecule has 0 unspecified atom stereocenters. The summed E-state index contributed by atoms with van der Waals surface area (Å²) in [6.07, 6.45) is 0. The molecule has 0 atom stereocenters. The third-order valence-corrected chi connectivity index (χ3v) is 4.00. The number of anilines is 2. The highest BCUT2D eigenvalue weighted by Gasteiger charge is 2.29. The molecule has 0 aliphatic carbocycles. The Hall–Kier alpha value is -2.68. The van der Waals surface area contributed by atoms with E-state index in [2.05, 4.69) is 4.72 Å². The van der Waals surface area contributed by atoms with E-state index in [9.17, 15) is 22.9 Å². The molecule has 0 saturated carbocycles. The van der Waals surface area contributed by atoms with Gasteiger partial charge in [0.05, 0.1) is 4.92 Å². The van der Waals surface area contributed by atoms with Crippen molar-refractivity contribution in [3.05, 3.63) is 58.4 Å². The lowest BCUT2D eigenvalue weighted by Gasteiger charge is -2.09. The van der Waals surface area contributed by atoms with E-state index in [0.29, 0.717) is 5.69 Å². The Morgan fingerprint density at radius 1 is 1.14 bits per heavy atom. The molecule has 0 saturated heterocycles. The highest BCUT2D eigenvalue weighted by molar-refractivity contribution is 7.92. The van der Waals surface area contributed by atoms with Crippen molar-refractivity contribution in [2.75, 3.05) is 10.5 Å². The predicted octanol–water partition coefficient (Wildman–Crippen LogP) is 2.12. The van der Waals surface area contributed by atoms with Gasteiger partial charge in [0.2, 0.25) is 5.82 Å². The number of nitro benzene ring substituents is 1. The minimum Gasteiger partial charge on any atom is -0.399 e. The lowest BCUT2D eigenvalue weighted by atomic mass is 10.3. The molecule has 21 heavy (non-hydrogen) atoms. The summed E-state index contributed by atoms with van der Waals surface area (Å²) in [7, 11) is -4.30. The molecule has 110 valence electrons. The molecule has 9 heteroatoms. The van der Waals surface area contributed by atoms with Crippen LogP contribution in [-0.4, -0.2) is 13.3 Å². The highest BCUT2D eigenvalue weighted by atomic mass is 32.2. The Labute approximate surface area is 119 Å². The summed E-state index contributed by atoms with van der Waals surface area (Å²) in [5, 5.41) is 10.8. The maximum atomic E-state index is 13.5. The van der Waals surface area contributed by atoms with Gasteiger partial charge >= 0.3 is 5.69 Å². The second kappa shape index (κ2) is 5.37. The fourth-order valence-electron chi connectivity index (χ4n) is 1.65. The molecule has 0 heterocycles. The molecular weight excluding hydrogens is 301 g/mol. The molecule has 0 amide bonds. The fourth-order valence-corrected chi connectivity index (χ4v) is 2.89. The fraction of sp³-hybridized carbons (Fsp3) is 0. The van der Waals surface area contributed by atoms with Gasteiger partial charge in [-0.05, 0) is 36.4 Å². The zero-order chi connectivity index (χ0) is 15.6. The van der Waals surface area contributed by atoms with Crippen LogP contribution in [0.15, 0.2) is 47.4 Å². The second-order valence-electron chi connectivity index (χ2n) is 4.07. The van der Waals surface area contributed by atoms with Crippen LogP contribution in [0.1, 0.15) is 0 Å². The minimum absolute atomic E-state index is 0.155. The Morgan fingerprint density at radius 3 is 2.33 bits per heavy atom. The number of rotatable bonds is 4. The van der Waals surface area contributed by atoms with E-state index in [0.717, 1.165) is 18.2 Å². The average molecular weight is 311 g/mol. The molecule has 0 aromatic heterocycles. The van der Waals surface area contributed by atoms with Gasteiger partial charge in [-0.25, -0.2) is 8.42 Å². The van der Waals surface area contributed by atoms with Crippen molar-refractivity contribution in [1.29, 1.82) is 0 Å². The second-order valence-corrected chi connectivity index (χ2v) is 5.72. The van der Waals surface area contributed by atoms with Crippen LogP contribution in [0.25, 0.3) is 0 Å². The first-order valence-corrected chi connectivity index (χ1v) is 7.11. The van der Waals surface area contributed by atoms with Crippen molar-refractivity contribution in [2.45, 2.75) is 4.90 Å². The molecule has 0 aliphatic rings.